The van der Waals surface area contributed by atoms with Crippen molar-refractivity contribution < 1.29 is 4.74 Å². The zero-order chi connectivity index (χ0) is 13.5. The van der Waals surface area contributed by atoms with Crippen LogP contribution in [0.25, 0.3) is 0 Å². The van der Waals surface area contributed by atoms with Crippen LogP contribution in [0.1, 0.15) is 56.9 Å². The Morgan fingerprint density at radius 3 is 2.89 bits per heavy atom. The van der Waals surface area contributed by atoms with E-state index in [0.29, 0.717) is 12.5 Å². The summed E-state index contributed by atoms with van der Waals surface area (Å²) in [6, 6.07) is 10.2. The van der Waals surface area contributed by atoms with Gasteiger partial charge in [0.1, 0.15) is 5.75 Å². The first kappa shape index (κ1) is 14.2. The molecule has 0 radical (unpaired) electrons. The van der Waals surface area contributed by atoms with Crippen LogP contribution in [-0.2, 0) is 0 Å². The number of hydrogen-bond donors (Lipinski definition) is 1. The lowest BCUT2D eigenvalue weighted by Crippen LogP contribution is -2.15. The van der Waals surface area contributed by atoms with Crippen molar-refractivity contribution in [2.24, 2.45) is 11.7 Å². The van der Waals surface area contributed by atoms with E-state index in [-0.39, 0.29) is 0 Å². The molecule has 1 aromatic rings. The molecule has 0 aliphatic heterocycles. The van der Waals surface area contributed by atoms with E-state index in [4.69, 9.17) is 10.5 Å². The van der Waals surface area contributed by atoms with Crippen LogP contribution < -0.4 is 10.5 Å². The minimum Gasteiger partial charge on any atom is -0.493 e. The fraction of sp³-hybridized carbons (Fsp3) is 0.647. The molecular formula is C17H25NO. The first-order chi connectivity index (χ1) is 9.29. The molecule has 2 N–H and O–H groups in total. The van der Waals surface area contributed by atoms with Gasteiger partial charge in [0.05, 0.1) is 6.61 Å². The largest absolute Gasteiger partial charge is 0.493 e. The zero-order valence-corrected chi connectivity index (χ0v) is 12.0. The van der Waals surface area contributed by atoms with Crippen LogP contribution in [0.15, 0.2) is 12.1 Å². The monoisotopic (exact) mass is 259 g/mol. The van der Waals surface area contributed by atoms with Crippen LogP contribution in [0.2, 0.25) is 0 Å². The molecule has 2 heteroatoms. The Kier molecular flexibility index (Phi) is 5.54. The molecule has 0 amide bonds. The molecule has 1 aliphatic carbocycles. The Morgan fingerprint density at radius 2 is 2.16 bits per heavy atom. The minimum absolute atomic E-state index is 0.430. The van der Waals surface area contributed by atoms with Crippen molar-refractivity contribution in [2.45, 2.75) is 51.4 Å². The Labute approximate surface area is 117 Å². The number of rotatable bonds is 6. The standard InChI is InChI=1S/C17H25NO/c1-14(10-11-18)16-8-5-9-17(12-16)19-13-15-6-3-2-4-7-15/h9,12,14-15H,2-4,6-7,10-11,13,18H2,1H3. The van der Waals surface area contributed by atoms with Gasteiger partial charge in [0.15, 0.2) is 0 Å². The van der Waals surface area contributed by atoms with Crippen molar-refractivity contribution in [3.05, 3.63) is 29.8 Å². The SMILES string of the molecule is CC(CCN)c1c#ccc(OCC2CCCCC2)c1. The summed E-state index contributed by atoms with van der Waals surface area (Å²) in [4.78, 5) is 0. The van der Waals surface area contributed by atoms with E-state index in [1.54, 1.807) is 0 Å². The summed E-state index contributed by atoms with van der Waals surface area (Å²) in [7, 11) is 0. The third-order valence-electron chi connectivity index (χ3n) is 4.07. The number of ether oxygens (including phenoxy) is 1. The Morgan fingerprint density at radius 1 is 1.37 bits per heavy atom. The molecule has 104 valence electrons. The summed E-state index contributed by atoms with van der Waals surface area (Å²) in [6.45, 7) is 3.74. The Balaban J connectivity index is 1.87. The van der Waals surface area contributed by atoms with Crippen molar-refractivity contribution >= 4 is 0 Å². The Hall–Kier alpha value is -1.20. The minimum atomic E-state index is 0.430. The molecule has 1 unspecified atom stereocenters. The van der Waals surface area contributed by atoms with E-state index in [2.05, 4.69) is 25.1 Å². The highest BCUT2D eigenvalue weighted by molar-refractivity contribution is 5.26. The van der Waals surface area contributed by atoms with Crippen LogP contribution in [0.4, 0.5) is 0 Å². The lowest BCUT2D eigenvalue weighted by atomic mass is 9.90. The van der Waals surface area contributed by atoms with Gasteiger partial charge in [-0.15, -0.1) is 0 Å². The second-order valence-electron chi connectivity index (χ2n) is 5.71. The Bertz CT molecular complexity index is 371. The molecule has 0 heterocycles. The van der Waals surface area contributed by atoms with Gasteiger partial charge in [0, 0.05) is 11.6 Å². The summed E-state index contributed by atoms with van der Waals surface area (Å²) in [6.07, 6.45) is 7.74. The molecule has 1 fully saturated rings. The summed E-state index contributed by atoms with van der Waals surface area (Å²) in [5.41, 5.74) is 6.76. The predicted molar refractivity (Wildman–Crippen MR) is 78.3 cm³/mol. The van der Waals surface area contributed by atoms with Crippen molar-refractivity contribution in [3.8, 4) is 5.75 Å². The van der Waals surface area contributed by atoms with E-state index in [1.807, 2.05) is 6.07 Å². The summed E-state index contributed by atoms with van der Waals surface area (Å²) in [5.74, 6) is 2.10. The first-order valence-corrected chi connectivity index (χ1v) is 7.55. The lowest BCUT2D eigenvalue weighted by molar-refractivity contribution is 0.208. The van der Waals surface area contributed by atoms with Gasteiger partial charge in [-0.1, -0.05) is 38.3 Å². The maximum absolute atomic E-state index is 5.93. The van der Waals surface area contributed by atoms with E-state index in [0.717, 1.165) is 30.3 Å². The van der Waals surface area contributed by atoms with E-state index < -0.39 is 0 Å². The van der Waals surface area contributed by atoms with E-state index in [9.17, 15) is 0 Å². The smallest absolute Gasteiger partial charge is 0.128 e. The third-order valence-corrected chi connectivity index (χ3v) is 4.07. The van der Waals surface area contributed by atoms with Crippen LogP contribution in [0.5, 0.6) is 5.75 Å². The van der Waals surface area contributed by atoms with Gasteiger partial charge in [-0.3, -0.25) is 0 Å². The molecular weight excluding hydrogens is 234 g/mol. The van der Waals surface area contributed by atoms with E-state index >= 15 is 0 Å². The number of hydrogen-bond acceptors (Lipinski definition) is 2. The zero-order valence-electron chi connectivity index (χ0n) is 12.0. The molecule has 0 bridgehead atoms. The fourth-order valence-corrected chi connectivity index (χ4v) is 2.74. The maximum Gasteiger partial charge on any atom is 0.128 e. The maximum atomic E-state index is 5.93. The van der Waals surface area contributed by atoms with Gasteiger partial charge >= 0.3 is 0 Å². The van der Waals surface area contributed by atoms with Gasteiger partial charge in [-0.25, -0.2) is 0 Å². The van der Waals surface area contributed by atoms with E-state index in [1.165, 1.54) is 32.1 Å². The molecule has 1 aliphatic rings. The van der Waals surface area contributed by atoms with Gasteiger partial charge in [-0.05, 0) is 43.7 Å². The highest BCUT2D eigenvalue weighted by Crippen LogP contribution is 2.25. The molecule has 0 aromatic heterocycles. The molecule has 1 atom stereocenters. The van der Waals surface area contributed by atoms with Crippen LogP contribution in [0, 0.1) is 18.1 Å². The second kappa shape index (κ2) is 7.40. The van der Waals surface area contributed by atoms with Gasteiger partial charge < -0.3 is 10.5 Å². The molecule has 0 spiro atoms. The molecule has 0 saturated heterocycles. The predicted octanol–water partition coefficient (Wildman–Crippen LogP) is 3.70. The van der Waals surface area contributed by atoms with Crippen molar-refractivity contribution in [1.29, 1.82) is 0 Å². The quantitative estimate of drug-likeness (QED) is 0.845. The van der Waals surface area contributed by atoms with Gasteiger partial charge in [0.2, 0.25) is 0 Å². The summed E-state index contributed by atoms with van der Waals surface area (Å²) >= 11 is 0. The molecule has 1 saturated carbocycles. The van der Waals surface area contributed by atoms with Crippen molar-refractivity contribution in [3.63, 3.8) is 0 Å². The van der Waals surface area contributed by atoms with Gasteiger partial charge in [-0.2, -0.15) is 0 Å². The van der Waals surface area contributed by atoms with Crippen molar-refractivity contribution in [2.75, 3.05) is 13.2 Å². The molecule has 19 heavy (non-hydrogen) atoms. The van der Waals surface area contributed by atoms with Gasteiger partial charge in [0.25, 0.3) is 0 Å². The molecule has 2 rings (SSSR count). The topological polar surface area (TPSA) is 35.2 Å². The van der Waals surface area contributed by atoms with Crippen LogP contribution in [0.3, 0.4) is 0 Å². The van der Waals surface area contributed by atoms with Crippen LogP contribution in [-0.4, -0.2) is 13.2 Å². The lowest BCUT2D eigenvalue weighted by Gasteiger charge is -2.21. The first-order valence-electron chi connectivity index (χ1n) is 7.55. The molecule has 2 nitrogen and oxygen atoms in total. The normalized spacial score (nSPS) is 17.8. The second-order valence-corrected chi connectivity index (χ2v) is 5.71. The molecule has 1 aromatic carbocycles. The highest BCUT2D eigenvalue weighted by Gasteiger charge is 2.14. The summed E-state index contributed by atoms with van der Waals surface area (Å²) in [5, 5.41) is 0. The van der Waals surface area contributed by atoms with Crippen molar-refractivity contribution in [1.82, 2.24) is 0 Å². The highest BCUT2D eigenvalue weighted by atomic mass is 16.5. The summed E-state index contributed by atoms with van der Waals surface area (Å²) < 4.78 is 5.93. The third kappa shape index (κ3) is 4.44. The number of nitrogens with two attached hydrogens (primary N) is 1. The fourth-order valence-electron chi connectivity index (χ4n) is 2.74. The average Bonchev–Trinajstić information content (AvgIpc) is 2.47. The average molecular weight is 259 g/mol. The van der Waals surface area contributed by atoms with Crippen LogP contribution >= 0.6 is 0 Å².